The standard InChI is InChI=1S/C16H17Cl/c1-10-5-6-11(2)16(13(10)4)15-8-7-14(17)9-12(15)3/h5-9H,1-4H3. The first kappa shape index (κ1) is 12.2. The van der Waals surface area contributed by atoms with Gasteiger partial charge < -0.3 is 0 Å². The molecule has 0 fully saturated rings. The van der Waals surface area contributed by atoms with E-state index in [-0.39, 0.29) is 0 Å². The first-order chi connectivity index (χ1) is 8.00. The number of hydrogen-bond donors (Lipinski definition) is 0. The van der Waals surface area contributed by atoms with Crippen LogP contribution in [0.25, 0.3) is 11.1 Å². The summed E-state index contributed by atoms with van der Waals surface area (Å²) in [6, 6.07) is 10.5. The van der Waals surface area contributed by atoms with E-state index in [1.54, 1.807) is 0 Å². The van der Waals surface area contributed by atoms with Crippen LogP contribution in [0.1, 0.15) is 22.3 Å². The van der Waals surface area contributed by atoms with Crippen molar-refractivity contribution in [2.45, 2.75) is 27.7 Å². The van der Waals surface area contributed by atoms with Crippen LogP contribution in [0.15, 0.2) is 30.3 Å². The molecule has 88 valence electrons. The summed E-state index contributed by atoms with van der Waals surface area (Å²) in [7, 11) is 0. The molecule has 0 nitrogen and oxygen atoms in total. The molecule has 2 rings (SSSR count). The highest BCUT2D eigenvalue weighted by molar-refractivity contribution is 6.30. The Balaban J connectivity index is 2.72. The fourth-order valence-electron chi connectivity index (χ4n) is 2.27. The largest absolute Gasteiger partial charge is 0.0843 e. The Morgan fingerprint density at radius 3 is 2.06 bits per heavy atom. The minimum Gasteiger partial charge on any atom is -0.0843 e. The van der Waals surface area contributed by atoms with Crippen LogP contribution in [0.5, 0.6) is 0 Å². The minimum absolute atomic E-state index is 0.800. The molecular formula is C16H17Cl. The van der Waals surface area contributed by atoms with Crippen LogP contribution in [0.2, 0.25) is 5.02 Å². The third-order valence-corrected chi connectivity index (χ3v) is 3.64. The van der Waals surface area contributed by atoms with Crippen molar-refractivity contribution in [2.24, 2.45) is 0 Å². The van der Waals surface area contributed by atoms with Crippen LogP contribution in [-0.2, 0) is 0 Å². The van der Waals surface area contributed by atoms with Gasteiger partial charge in [-0.25, -0.2) is 0 Å². The molecule has 0 bridgehead atoms. The van der Waals surface area contributed by atoms with E-state index >= 15 is 0 Å². The van der Waals surface area contributed by atoms with Crippen LogP contribution in [0.4, 0.5) is 0 Å². The van der Waals surface area contributed by atoms with Crippen molar-refractivity contribution in [2.75, 3.05) is 0 Å². The minimum atomic E-state index is 0.800. The van der Waals surface area contributed by atoms with Gasteiger partial charge in [0.2, 0.25) is 0 Å². The third kappa shape index (κ3) is 2.23. The maximum Gasteiger partial charge on any atom is 0.0409 e. The lowest BCUT2D eigenvalue weighted by molar-refractivity contribution is 1.29. The van der Waals surface area contributed by atoms with E-state index in [0.717, 1.165) is 5.02 Å². The van der Waals surface area contributed by atoms with E-state index in [1.807, 2.05) is 12.1 Å². The molecule has 2 aromatic carbocycles. The summed E-state index contributed by atoms with van der Waals surface area (Å²) in [6.07, 6.45) is 0. The fourth-order valence-corrected chi connectivity index (χ4v) is 2.50. The average molecular weight is 245 g/mol. The van der Waals surface area contributed by atoms with Gasteiger partial charge in [-0.15, -0.1) is 0 Å². The van der Waals surface area contributed by atoms with E-state index in [2.05, 4.69) is 45.9 Å². The van der Waals surface area contributed by atoms with Crippen molar-refractivity contribution < 1.29 is 0 Å². The van der Waals surface area contributed by atoms with Crippen molar-refractivity contribution >= 4 is 11.6 Å². The van der Waals surface area contributed by atoms with Gasteiger partial charge in [-0.1, -0.05) is 29.8 Å². The topological polar surface area (TPSA) is 0 Å². The third-order valence-electron chi connectivity index (χ3n) is 3.40. The first-order valence-electron chi connectivity index (χ1n) is 5.84. The second-order valence-corrected chi connectivity index (χ2v) is 5.10. The van der Waals surface area contributed by atoms with Gasteiger partial charge in [0.25, 0.3) is 0 Å². The van der Waals surface area contributed by atoms with Gasteiger partial charge in [0.1, 0.15) is 0 Å². The Kier molecular flexibility index (Phi) is 3.26. The van der Waals surface area contributed by atoms with Gasteiger partial charge in [0.15, 0.2) is 0 Å². The monoisotopic (exact) mass is 244 g/mol. The number of halogens is 1. The Morgan fingerprint density at radius 1 is 0.765 bits per heavy atom. The van der Waals surface area contributed by atoms with E-state index < -0.39 is 0 Å². The summed E-state index contributed by atoms with van der Waals surface area (Å²) >= 11 is 6.02. The SMILES string of the molecule is Cc1cc(Cl)ccc1-c1c(C)ccc(C)c1C. The van der Waals surface area contributed by atoms with Gasteiger partial charge in [-0.3, -0.25) is 0 Å². The molecule has 0 N–H and O–H groups in total. The Morgan fingerprint density at radius 2 is 1.41 bits per heavy atom. The molecule has 0 saturated heterocycles. The first-order valence-corrected chi connectivity index (χ1v) is 6.22. The van der Waals surface area contributed by atoms with Crippen molar-refractivity contribution in [1.82, 2.24) is 0 Å². The fraction of sp³-hybridized carbons (Fsp3) is 0.250. The summed E-state index contributed by atoms with van der Waals surface area (Å²) in [5.41, 5.74) is 7.87. The molecule has 0 aliphatic heterocycles. The van der Waals surface area contributed by atoms with Gasteiger partial charge in [0, 0.05) is 5.02 Å². The molecule has 0 aliphatic rings. The average Bonchev–Trinajstić information content (AvgIpc) is 2.27. The summed E-state index contributed by atoms with van der Waals surface area (Å²) in [4.78, 5) is 0. The smallest absolute Gasteiger partial charge is 0.0409 e. The Labute approximate surface area is 108 Å². The predicted octanol–water partition coefficient (Wildman–Crippen LogP) is 5.24. The zero-order valence-corrected chi connectivity index (χ0v) is 11.5. The van der Waals surface area contributed by atoms with Crippen LogP contribution in [0.3, 0.4) is 0 Å². The second-order valence-electron chi connectivity index (χ2n) is 4.66. The summed E-state index contributed by atoms with van der Waals surface area (Å²) < 4.78 is 0. The molecule has 0 spiro atoms. The van der Waals surface area contributed by atoms with Gasteiger partial charge >= 0.3 is 0 Å². The van der Waals surface area contributed by atoms with Crippen LogP contribution >= 0.6 is 11.6 Å². The molecule has 0 heterocycles. The molecule has 0 saturated carbocycles. The quantitative estimate of drug-likeness (QED) is 0.644. The molecule has 0 unspecified atom stereocenters. The highest BCUT2D eigenvalue weighted by Crippen LogP contribution is 2.32. The number of rotatable bonds is 1. The zero-order chi connectivity index (χ0) is 12.6. The van der Waals surface area contributed by atoms with Gasteiger partial charge in [-0.2, -0.15) is 0 Å². The van der Waals surface area contributed by atoms with E-state index in [0.29, 0.717) is 0 Å². The van der Waals surface area contributed by atoms with Crippen LogP contribution in [-0.4, -0.2) is 0 Å². The Bertz CT molecular complexity index is 568. The van der Waals surface area contributed by atoms with Crippen molar-refractivity contribution in [3.8, 4) is 11.1 Å². The molecule has 1 heteroatoms. The van der Waals surface area contributed by atoms with Crippen LogP contribution in [0, 0.1) is 27.7 Å². The van der Waals surface area contributed by atoms with Crippen molar-refractivity contribution in [3.63, 3.8) is 0 Å². The maximum atomic E-state index is 6.02. The van der Waals surface area contributed by atoms with Crippen molar-refractivity contribution in [1.29, 1.82) is 0 Å². The van der Waals surface area contributed by atoms with E-state index in [9.17, 15) is 0 Å². The molecular weight excluding hydrogens is 228 g/mol. The molecule has 0 aromatic heterocycles. The molecule has 0 amide bonds. The zero-order valence-electron chi connectivity index (χ0n) is 10.8. The molecule has 17 heavy (non-hydrogen) atoms. The summed E-state index contributed by atoms with van der Waals surface area (Å²) in [5, 5.41) is 0.800. The maximum absolute atomic E-state index is 6.02. The lowest BCUT2D eigenvalue weighted by Crippen LogP contribution is -1.93. The lowest BCUT2D eigenvalue weighted by Gasteiger charge is -2.15. The highest BCUT2D eigenvalue weighted by atomic mass is 35.5. The summed E-state index contributed by atoms with van der Waals surface area (Å²) in [6.45, 7) is 8.62. The van der Waals surface area contributed by atoms with Gasteiger partial charge in [0.05, 0.1) is 0 Å². The van der Waals surface area contributed by atoms with Gasteiger partial charge in [-0.05, 0) is 73.2 Å². The molecule has 0 atom stereocenters. The second kappa shape index (κ2) is 4.54. The normalized spacial score (nSPS) is 10.6. The molecule has 0 radical (unpaired) electrons. The van der Waals surface area contributed by atoms with Crippen molar-refractivity contribution in [3.05, 3.63) is 57.6 Å². The lowest BCUT2D eigenvalue weighted by atomic mass is 9.90. The number of benzene rings is 2. The van der Waals surface area contributed by atoms with Crippen LogP contribution < -0.4 is 0 Å². The number of aryl methyl sites for hydroxylation is 3. The Hall–Kier alpha value is -1.27. The summed E-state index contributed by atoms with van der Waals surface area (Å²) in [5.74, 6) is 0. The van der Waals surface area contributed by atoms with E-state index in [1.165, 1.54) is 33.4 Å². The highest BCUT2D eigenvalue weighted by Gasteiger charge is 2.10. The number of hydrogen-bond acceptors (Lipinski definition) is 0. The van der Waals surface area contributed by atoms with E-state index in [4.69, 9.17) is 11.6 Å². The molecule has 2 aromatic rings. The predicted molar refractivity (Wildman–Crippen MR) is 75.8 cm³/mol. The molecule has 0 aliphatic carbocycles.